The van der Waals surface area contributed by atoms with Gasteiger partial charge in [-0.15, -0.1) is 11.8 Å². The molecule has 6 nitrogen and oxygen atoms in total. The molecule has 1 atom stereocenters. The number of anilines is 1. The fraction of sp³-hybridized carbons (Fsp3) is 0.316. The molecule has 2 aromatic carbocycles. The van der Waals surface area contributed by atoms with E-state index in [0.717, 1.165) is 21.0 Å². The molecule has 0 spiro atoms. The molecule has 2 rings (SSSR count). The van der Waals surface area contributed by atoms with Gasteiger partial charge in [0.25, 0.3) is 5.91 Å². The number of sulfonamides is 1. The molecule has 0 radical (unpaired) electrons. The summed E-state index contributed by atoms with van der Waals surface area (Å²) in [6, 6.07) is 12.4. The summed E-state index contributed by atoms with van der Waals surface area (Å²) in [4.78, 5) is 13.9. The zero-order valence-electron chi connectivity index (χ0n) is 16.0. The van der Waals surface area contributed by atoms with Gasteiger partial charge in [-0.05, 0) is 49.1 Å². The Morgan fingerprint density at radius 3 is 2.33 bits per heavy atom. The van der Waals surface area contributed by atoms with Crippen LogP contribution < -0.4 is 14.4 Å². The van der Waals surface area contributed by atoms with E-state index in [-0.39, 0.29) is 17.5 Å². The summed E-state index contributed by atoms with van der Waals surface area (Å²) in [5.41, 5.74) is 1.64. The molecular weight excluding hydrogens is 384 g/mol. The van der Waals surface area contributed by atoms with Gasteiger partial charge >= 0.3 is 0 Å². The van der Waals surface area contributed by atoms with Crippen LogP contribution in [0.2, 0.25) is 0 Å². The van der Waals surface area contributed by atoms with Gasteiger partial charge in [0, 0.05) is 11.9 Å². The minimum atomic E-state index is -3.43. The number of thioether (sulfide) groups is 1. The number of rotatable bonds is 7. The molecule has 1 N–H and O–H groups in total. The molecule has 146 valence electrons. The van der Waals surface area contributed by atoms with Crippen molar-refractivity contribution in [2.75, 3.05) is 31.0 Å². The van der Waals surface area contributed by atoms with Crippen molar-refractivity contribution >= 4 is 33.4 Å². The van der Waals surface area contributed by atoms with Gasteiger partial charge in [0.05, 0.1) is 30.7 Å². The highest BCUT2D eigenvalue weighted by atomic mass is 32.2. The smallest absolute Gasteiger partial charge is 0.255 e. The highest BCUT2D eigenvalue weighted by molar-refractivity contribution is 7.98. The monoisotopic (exact) mass is 408 g/mol. The number of carbonyl (C=O) groups is 1. The number of hydrogen-bond donors (Lipinski definition) is 1. The topological polar surface area (TPSA) is 75.7 Å². The van der Waals surface area contributed by atoms with Crippen LogP contribution in [-0.4, -0.2) is 41.0 Å². The largest absolute Gasteiger partial charge is 0.496 e. The molecule has 27 heavy (non-hydrogen) atoms. The summed E-state index contributed by atoms with van der Waals surface area (Å²) in [7, 11) is -0.524. The molecular formula is C19H24N2O4S2. The SMILES string of the molecule is COc1ccc(N(C)S(C)(=O)=O)cc1C(=O)N[C@H](C)c1ccc(SC)cc1. The average Bonchev–Trinajstić information content (AvgIpc) is 2.66. The lowest BCUT2D eigenvalue weighted by molar-refractivity contribution is 0.0937. The second-order valence-electron chi connectivity index (χ2n) is 6.08. The van der Waals surface area contributed by atoms with Crippen LogP contribution in [0.5, 0.6) is 5.75 Å². The number of nitrogens with one attached hydrogen (secondary N) is 1. The van der Waals surface area contributed by atoms with Gasteiger partial charge in [-0.25, -0.2) is 8.42 Å². The number of methoxy groups -OCH3 is 1. The minimum absolute atomic E-state index is 0.214. The van der Waals surface area contributed by atoms with Crippen molar-refractivity contribution in [3.8, 4) is 5.75 Å². The molecule has 0 aromatic heterocycles. The normalized spacial score (nSPS) is 12.3. The molecule has 2 aromatic rings. The Bertz CT molecular complexity index is 912. The van der Waals surface area contributed by atoms with Gasteiger partial charge in [-0.2, -0.15) is 0 Å². The predicted octanol–water partition coefficient (Wildman–Crippen LogP) is 3.30. The fourth-order valence-corrected chi connectivity index (χ4v) is 3.42. The Morgan fingerprint density at radius 1 is 1.19 bits per heavy atom. The van der Waals surface area contributed by atoms with Gasteiger partial charge in [0.15, 0.2) is 0 Å². The number of benzene rings is 2. The first-order valence-corrected chi connectivity index (χ1v) is 11.3. The highest BCUT2D eigenvalue weighted by Gasteiger charge is 2.19. The van der Waals surface area contributed by atoms with Crippen LogP contribution >= 0.6 is 11.8 Å². The van der Waals surface area contributed by atoms with E-state index in [1.54, 1.807) is 23.9 Å². The summed E-state index contributed by atoms with van der Waals surface area (Å²) >= 11 is 1.65. The maximum atomic E-state index is 12.8. The zero-order valence-corrected chi connectivity index (χ0v) is 17.6. The van der Waals surface area contributed by atoms with E-state index >= 15 is 0 Å². The van der Waals surface area contributed by atoms with Crippen molar-refractivity contribution in [3.63, 3.8) is 0 Å². The molecule has 1 amide bonds. The molecule has 8 heteroatoms. The lowest BCUT2D eigenvalue weighted by atomic mass is 10.1. The molecule has 0 aliphatic carbocycles. The molecule has 0 saturated heterocycles. The van der Waals surface area contributed by atoms with Gasteiger partial charge in [0.2, 0.25) is 10.0 Å². The van der Waals surface area contributed by atoms with Crippen LogP contribution in [0, 0.1) is 0 Å². The first-order valence-electron chi connectivity index (χ1n) is 8.24. The van der Waals surface area contributed by atoms with Gasteiger partial charge in [0.1, 0.15) is 5.75 Å². The van der Waals surface area contributed by atoms with E-state index in [0.29, 0.717) is 11.4 Å². The van der Waals surface area contributed by atoms with Crippen molar-refractivity contribution in [2.45, 2.75) is 17.9 Å². The molecule has 0 aliphatic rings. The van der Waals surface area contributed by atoms with E-state index < -0.39 is 10.0 Å². The Kier molecular flexibility index (Phi) is 6.78. The Hall–Kier alpha value is -2.19. The lowest BCUT2D eigenvalue weighted by Gasteiger charge is -2.20. The fourth-order valence-electron chi connectivity index (χ4n) is 2.51. The first kappa shape index (κ1) is 21.1. The number of carbonyl (C=O) groups excluding carboxylic acids is 1. The number of ether oxygens (including phenoxy) is 1. The van der Waals surface area contributed by atoms with Crippen molar-refractivity contribution in [3.05, 3.63) is 53.6 Å². The standard InChI is InChI=1S/C19H24N2O4S2/c1-13(14-6-9-16(26-4)10-7-14)20-19(22)17-12-15(8-11-18(17)25-3)21(2)27(5,23)24/h6-13H,1-5H3,(H,20,22)/t13-/m1/s1. The molecule has 0 aliphatic heterocycles. The van der Waals surface area contributed by atoms with Gasteiger partial charge < -0.3 is 10.1 Å². The summed E-state index contributed by atoms with van der Waals surface area (Å²) in [6.07, 6.45) is 3.12. The predicted molar refractivity (Wildman–Crippen MR) is 110 cm³/mol. The van der Waals surface area contributed by atoms with Crippen molar-refractivity contribution in [1.82, 2.24) is 5.32 Å². The maximum Gasteiger partial charge on any atom is 0.255 e. The third-order valence-electron chi connectivity index (χ3n) is 4.25. The lowest BCUT2D eigenvalue weighted by Crippen LogP contribution is -2.28. The molecule has 0 fully saturated rings. The minimum Gasteiger partial charge on any atom is -0.496 e. The van der Waals surface area contributed by atoms with Crippen molar-refractivity contribution in [1.29, 1.82) is 0 Å². The summed E-state index contributed by atoms with van der Waals surface area (Å²) in [6.45, 7) is 1.89. The van der Waals surface area contributed by atoms with E-state index in [9.17, 15) is 13.2 Å². The second kappa shape index (κ2) is 8.67. The van der Waals surface area contributed by atoms with Crippen molar-refractivity contribution < 1.29 is 17.9 Å². The molecule has 0 saturated carbocycles. The van der Waals surface area contributed by atoms with E-state index in [2.05, 4.69) is 5.32 Å². The average molecular weight is 409 g/mol. The van der Waals surface area contributed by atoms with Crippen LogP contribution in [0.1, 0.15) is 28.9 Å². The zero-order chi connectivity index (χ0) is 20.2. The number of amides is 1. The summed E-state index contributed by atoms with van der Waals surface area (Å²) in [5, 5.41) is 2.94. The highest BCUT2D eigenvalue weighted by Crippen LogP contribution is 2.27. The molecule has 0 heterocycles. The van der Waals surface area contributed by atoms with E-state index in [1.807, 2.05) is 37.4 Å². The first-order chi connectivity index (χ1) is 12.7. The number of hydrogen-bond acceptors (Lipinski definition) is 5. The van der Waals surface area contributed by atoms with E-state index in [1.165, 1.54) is 20.2 Å². The Labute approximate surface area is 165 Å². The maximum absolute atomic E-state index is 12.8. The summed E-state index contributed by atoms with van der Waals surface area (Å²) < 4.78 is 29.9. The van der Waals surface area contributed by atoms with Crippen LogP contribution in [0.3, 0.4) is 0 Å². The Balaban J connectivity index is 2.27. The molecule has 0 unspecified atom stereocenters. The quantitative estimate of drug-likeness (QED) is 0.712. The van der Waals surface area contributed by atoms with Gasteiger partial charge in [-0.1, -0.05) is 12.1 Å². The van der Waals surface area contributed by atoms with Gasteiger partial charge in [-0.3, -0.25) is 9.10 Å². The Morgan fingerprint density at radius 2 is 1.81 bits per heavy atom. The number of nitrogens with zero attached hydrogens (tertiary/aromatic N) is 1. The third kappa shape index (κ3) is 5.17. The summed E-state index contributed by atoms with van der Waals surface area (Å²) in [5.74, 6) is 0.0418. The second-order valence-corrected chi connectivity index (χ2v) is 8.98. The van der Waals surface area contributed by atoms with Crippen LogP contribution in [-0.2, 0) is 10.0 Å². The van der Waals surface area contributed by atoms with Crippen LogP contribution in [0.15, 0.2) is 47.4 Å². The van der Waals surface area contributed by atoms with E-state index in [4.69, 9.17) is 4.74 Å². The molecule has 0 bridgehead atoms. The van der Waals surface area contributed by atoms with Crippen LogP contribution in [0.25, 0.3) is 0 Å². The van der Waals surface area contributed by atoms with Crippen LogP contribution in [0.4, 0.5) is 5.69 Å². The third-order valence-corrected chi connectivity index (χ3v) is 6.20. The van der Waals surface area contributed by atoms with Crippen molar-refractivity contribution in [2.24, 2.45) is 0 Å².